The Morgan fingerprint density at radius 3 is 2.52 bits per heavy atom. The zero-order chi connectivity index (χ0) is 19.8. The lowest BCUT2D eigenvalue weighted by Crippen LogP contribution is -2.58. The summed E-state index contributed by atoms with van der Waals surface area (Å²) in [6, 6.07) is 5.08. The molecule has 2 fully saturated rings. The van der Waals surface area contributed by atoms with Crippen LogP contribution in [0.4, 0.5) is 9.18 Å². The summed E-state index contributed by atoms with van der Waals surface area (Å²) in [5.41, 5.74) is -0.274. The minimum absolute atomic E-state index is 0.131. The summed E-state index contributed by atoms with van der Waals surface area (Å²) in [6.07, 6.45) is 0.793. The van der Waals surface area contributed by atoms with Gasteiger partial charge in [0.2, 0.25) is 5.91 Å². The van der Waals surface area contributed by atoms with E-state index in [2.05, 4.69) is 5.32 Å². The molecule has 3 rings (SSSR count). The van der Waals surface area contributed by atoms with Gasteiger partial charge in [-0.3, -0.25) is 19.8 Å². The zero-order valence-electron chi connectivity index (χ0n) is 15.9. The summed E-state index contributed by atoms with van der Waals surface area (Å²) in [7, 11) is 3.56. The molecule has 0 bridgehead atoms. The van der Waals surface area contributed by atoms with Gasteiger partial charge in [0, 0.05) is 19.6 Å². The van der Waals surface area contributed by atoms with Gasteiger partial charge in [0.05, 0.1) is 0 Å². The largest absolute Gasteiger partial charge is 0.341 e. The number of nitrogens with one attached hydrogen (secondary N) is 1. The van der Waals surface area contributed by atoms with E-state index in [1.165, 1.54) is 12.1 Å². The van der Waals surface area contributed by atoms with Crippen molar-refractivity contribution in [1.82, 2.24) is 20.0 Å². The number of amides is 4. The zero-order valence-corrected chi connectivity index (χ0v) is 15.9. The van der Waals surface area contributed by atoms with Crippen LogP contribution in [0.15, 0.2) is 24.3 Å². The number of hydrogen-bond acceptors (Lipinski definition) is 4. The molecule has 1 spiro atoms. The molecular weight excluding hydrogens is 351 g/mol. The first-order valence-electron chi connectivity index (χ1n) is 9.14. The van der Waals surface area contributed by atoms with Crippen LogP contribution in [-0.4, -0.2) is 71.8 Å². The average molecular weight is 376 g/mol. The predicted molar refractivity (Wildman–Crippen MR) is 97.3 cm³/mol. The number of benzene rings is 1. The molecule has 27 heavy (non-hydrogen) atoms. The number of halogens is 1. The molecule has 2 aliphatic rings. The van der Waals surface area contributed by atoms with Gasteiger partial charge in [-0.05, 0) is 51.6 Å². The van der Waals surface area contributed by atoms with Crippen molar-refractivity contribution in [2.75, 3.05) is 33.7 Å². The molecule has 0 aromatic heterocycles. The molecule has 1 atom stereocenters. The Morgan fingerprint density at radius 2 is 1.96 bits per heavy atom. The third-order valence-corrected chi connectivity index (χ3v) is 5.54. The molecule has 1 aromatic rings. The number of likely N-dealkylation sites (tertiary alicyclic amines) is 1. The number of imide groups is 1. The van der Waals surface area contributed by atoms with Crippen LogP contribution in [0, 0.1) is 5.82 Å². The van der Waals surface area contributed by atoms with Crippen molar-refractivity contribution in [1.29, 1.82) is 0 Å². The van der Waals surface area contributed by atoms with Crippen molar-refractivity contribution >= 4 is 17.8 Å². The smallest absolute Gasteiger partial charge is 0.325 e. The molecule has 146 valence electrons. The van der Waals surface area contributed by atoms with E-state index >= 15 is 0 Å². The molecule has 0 saturated carbocycles. The van der Waals surface area contributed by atoms with E-state index in [-0.39, 0.29) is 23.7 Å². The predicted octanol–water partition coefficient (Wildman–Crippen LogP) is 1.36. The minimum atomic E-state index is -0.866. The Morgan fingerprint density at radius 1 is 1.30 bits per heavy atom. The number of urea groups is 1. The number of nitrogens with zero attached hydrogens (tertiary/aromatic N) is 3. The lowest BCUT2D eigenvalue weighted by molar-refractivity contribution is -0.141. The number of carbonyl (C=O) groups excluding carboxylic acids is 3. The van der Waals surface area contributed by atoms with E-state index in [0.717, 1.165) is 0 Å². The van der Waals surface area contributed by atoms with Gasteiger partial charge in [-0.2, -0.15) is 0 Å². The van der Waals surface area contributed by atoms with Gasteiger partial charge in [0.1, 0.15) is 17.4 Å². The highest BCUT2D eigenvalue weighted by atomic mass is 19.1. The van der Waals surface area contributed by atoms with E-state index in [9.17, 15) is 18.8 Å². The maximum atomic E-state index is 13.6. The van der Waals surface area contributed by atoms with Crippen molar-refractivity contribution in [3.8, 4) is 0 Å². The first kappa shape index (κ1) is 19.3. The SMILES string of the molecule is CCN1C(=O)NC(=O)C12CCN(C(=O)C(c1cccc(F)c1)N(C)C)CC2. The van der Waals surface area contributed by atoms with Crippen molar-refractivity contribution in [3.05, 3.63) is 35.6 Å². The molecule has 2 aliphatic heterocycles. The quantitative estimate of drug-likeness (QED) is 0.806. The van der Waals surface area contributed by atoms with E-state index < -0.39 is 11.6 Å². The number of rotatable bonds is 4. The van der Waals surface area contributed by atoms with Crippen LogP contribution in [-0.2, 0) is 9.59 Å². The fraction of sp³-hybridized carbons (Fsp3) is 0.526. The molecule has 7 nitrogen and oxygen atoms in total. The summed E-state index contributed by atoms with van der Waals surface area (Å²) < 4.78 is 13.6. The van der Waals surface area contributed by atoms with Crippen molar-refractivity contribution in [2.24, 2.45) is 0 Å². The third kappa shape index (κ3) is 3.29. The Bertz CT molecular complexity index is 759. The average Bonchev–Trinajstić information content (AvgIpc) is 2.84. The number of carbonyl (C=O) groups is 3. The molecule has 8 heteroatoms. The second-order valence-electron chi connectivity index (χ2n) is 7.28. The molecule has 0 radical (unpaired) electrons. The van der Waals surface area contributed by atoms with Gasteiger partial charge in [-0.25, -0.2) is 9.18 Å². The molecule has 4 amide bonds. The van der Waals surface area contributed by atoms with E-state index in [1.807, 2.05) is 6.92 Å². The van der Waals surface area contributed by atoms with Gasteiger partial charge >= 0.3 is 6.03 Å². The fourth-order valence-electron chi connectivity index (χ4n) is 4.15. The lowest BCUT2D eigenvalue weighted by atomic mass is 9.85. The Kier molecular flexibility index (Phi) is 5.19. The molecule has 0 aliphatic carbocycles. The normalized spacial score (nSPS) is 20.3. The monoisotopic (exact) mass is 376 g/mol. The summed E-state index contributed by atoms with van der Waals surface area (Å²) >= 11 is 0. The van der Waals surface area contributed by atoms with Crippen molar-refractivity contribution in [3.63, 3.8) is 0 Å². The van der Waals surface area contributed by atoms with Gasteiger partial charge in [0.25, 0.3) is 5.91 Å². The maximum absolute atomic E-state index is 13.6. The van der Waals surface area contributed by atoms with Crippen LogP contribution in [0.2, 0.25) is 0 Å². The second-order valence-corrected chi connectivity index (χ2v) is 7.28. The van der Waals surface area contributed by atoms with E-state index in [0.29, 0.717) is 38.0 Å². The number of piperidine rings is 1. The molecule has 1 unspecified atom stereocenters. The van der Waals surface area contributed by atoms with Crippen LogP contribution < -0.4 is 5.32 Å². The van der Waals surface area contributed by atoms with Crippen molar-refractivity contribution in [2.45, 2.75) is 31.3 Å². The number of hydrogen-bond donors (Lipinski definition) is 1. The van der Waals surface area contributed by atoms with E-state index in [1.54, 1.807) is 40.9 Å². The van der Waals surface area contributed by atoms with Gasteiger partial charge in [0.15, 0.2) is 0 Å². The first-order valence-corrected chi connectivity index (χ1v) is 9.14. The maximum Gasteiger partial charge on any atom is 0.325 e. The fourth-order valence-corrected chi connectivity index (χ4v) is 4.15. The highest BCUT2D eigenvalue weighted by molar-refractivity contribution is 6.07. The van der Waals surface area contributed by atoms with Crippen LogP contribution in [0.1, 0.15) is 31.4 Å². The standard InChI is InChI=1S/C19H25FN4O3/c1-4-24-18(27)21-17(26)19(24)8-10-23(11-9-19)16(25)15(22(2)3)13-6-5-7-14(20)12-13/h5-7,12,15H,4,8-11H2,1-3H3,(H,21,26,27). The third-order valence-electron chi connectivity index (χ3n) is 5.54. The Labute approximate surface area is 158 Å². The second kappa shape index (κ2) is 7.26. The molecule has 1 aromatic carbocycles. The van der Waals surface area contributed by atoms with Crippen LogP contribution >= 0.6 is 0 Å². The van der Waals surface area contributed by atoms with Gasteiger partial charge in [-0.1, -0.05) is 12.1 Å². The first-order chi connectivity index (χ1) is 12.8. The molecule has 2 heterocycles. The highest BCUT2D eigenvalue weighted by Crippen LogP contribution is 2.34. The Balaban J connectivity index is 1.77. The highest BCUT2D eigenvalue weighted by Gasteiger charge is 2.53. The molecule has 1 N–H and O–H groups in total. The van der Waals surface area contributed by atoms with E-state index in [4.69, 9.17) is 0 Å². The van der Waals surface area contributed by atoms with Crippen LogP contribution in [0.5, 0.6) is 0 Å². The number of likely N-dealkylation sites (N-methyl/N-ethyl adjacent to an activating group) is 2. The summed E-state index contributed by atoms with van der Waals surface area (Å²) in [6.45, 7) is 3.02. The van der Waals surface area contributed by atoms with Crippen LogP contribution in [0.25, 0.3) is 0 Å². The summed E-state index contributed by atoms with van der Waals surface area (Å²) in [4.78, 5) is 42.5. The molecule has 2 saturated heterocycles. The molecular formula is C19H25FN4O3. The topological polar surface area (TPSA) is 73.0 Å². The van der Waals surface area contributed by atoms with Crippen LogP contribution in [0.3, 0.4) is 0 Å². The lowest BCUT2D eigenvalue weighted by Gasteiger charge is -2.43. The minimum Gasteiger partial charge on any atom is -0.341 e. The van der Waals surface area contributed by atoms with Crippen molar-refractivity contribution < 1.29 is 18.8 Å². The van der Waals surface area contributed by atoms with Gasteiger partial charge in [-0.15, -0.1) is 0 Å². The summed E-state index contributed by atoms with van der Waals surface area (Å²) in [5, 5.41) is 2.39. The summed E-state index contributed by atoms with van der Waals surface area (Å²) in [5.74, 6) is -0.798. The van der Waals surface area contributed by atoms with Gasteiger partial charge < -0.3 is 9.80 Å². The Hall–Kier alpha value is -2.48.